The highest BCUT2D eigenvalue weighted by molar-refractivity contribution is 6.00. The van der Waals surface area contributed by atoms with Crippen LogP contribution in [0, 0.1) is 12.8 Å². The summed E-state index contributed by atoms with van der Waals surface area (Å²) >= 11 is 0. The highest BCUT2D eigenvalue weighted by atomic mass is 16.5. The summed E-state index contributed by atoms with van der Waals surface area (Å²) in [5.41, 5.74) is 4.73. The van der Waals surface area contributed by atoms with E-state index >= 15 is 0 Å². The van der Waals surface area contributed by atoms with Gasteiger partial charge in [-0.1, -0.05) is 26.5 Å². The summed E-state index contributed by atoms with van der Waals surface area (Å²) < 4.78 is 10.6. The second-order valence-corrected chi connectivity index (χ2v) is 7.35. The van der Waals surface area contributed by atoms with Crippen LogP contribution in [-0.4, -0.2) is 35.0 Å². The minimum absolute atomic E-state index is 0.0240. The van der Waals surface area contributed by atoms with Gasteiger partial charge in [-0.15, -0.1) is 0 Å². The Labute approximate surface area is 178 Å². The van der Waals surface area contributed by atoms with E-state index in [1.807, 2.05) is 19.1 Å². The van der Waals surface area contributed by atoms with Crippen molar-refractivity contribution in [1.82, 2.24) is 14.9 Å². The number of carbonyl (C=O) groups excluding carboxylic acids is 1. The molecule has 3 heterocycles. The molecule has 0 bridgehead atoms. The molecule has 6 heteroatoms. The van der Waals surface area contributed by atoms with Crippen molar-refractivity contribution >= 4 is 5.91 Å². The van der Waals surface area contributed by atoms with Crippen LogP contribution in [0.1, 0.15) is 48.3 Å². The van der Waals surface area contributed by atoms with Gasteiger partial charge in [0.1, 0.15) is 0 Å². The van der Waals surface area contributed by atoms with Gasteiger partial charge in [-0.2, -0.15) is 0 Å². The predicted octanol–water partition coefficient (Wildman–Crippen LogP) is 4.93. The van der Waals surface area contributed by atoms with Crippen molar-refractivity contribution in [3.63, 3.8) is 0 Å². The third-order valence-corrected chi connectivity index (χ3v) is 5.56. The Bertz CT molecular complexity index is 993. The van der Waals surface area contributed by atoms with Crippen molar-refractivity contribution < 1.29 is 14.3 Å². The zero-order valence-electron chi connectivity index (χ0n) is 18.4. The second-order valence-electron chi connectivity index (χ2n) is 7.35. The number of fused-ring (bicyclic) bond motifs is 1. The van der Waals surface area contributed by atoms with Crippen LogP contribution in [-0.2, 0) is 6.54 Å². The van der Waals surface area contributed by atoms with Gasteiger partial charge < -0.3 is 14.4 Å². The number of carbonyl (C=O) groups is 1. The second kappa shape index (κ2) is 9.11. The van der Waals surface area contributed by atoms with Crippen molar-refractivity contribution in [3.8, 4) is 22.9 Å². The maximum atomic E-state index is 13.2. The van der Waals surface area contributed by atoms with Crippen LogP contribution >= 0.6 is 0 Å². The number of methoxy groups -OCH3 is 2. The molecular weight excluding hydrogens is 378 g/mol. The van der Waals surface area contributed by atoms with E-state index in [9.17, 15) is 4.79 Å². The van der Waals surface area contributed by atoms with E-state index in [0.29, 0.717) is 29.7 Å². The zero-order valence-corrected chi connectivity index (χ0v) is 18.4. The Morgan fingerprint density at radius 2 is 2.00 bits per heavy atom. The summed E-state index contributed by atoms with van der Waals surface area (Å²) in [4.78, 5) is 24.0. The monoisotopic (exact) mass is 407 g/mol. The van der Waals surface area contributed by atoms with E-state index in [-0.39, 0.29) is 5.91 Å². The summed E-state index contributed by atoms with van der Waals surface area (Å²) in [5.74, 6) is 1.35. The van der Waals surface area contributed by atoms with Gasteiger partial charge in [-0.25, -0.2) is 4.98 Å². The van der Waals surface area contributed by atoms with Crippen molar-refractivity contribution in [1.29, 1.82) is 0 Å². The fraction of sp³-hybridized carbons (Fsp3) is 0.375. The maximum Gasteiger partial charge on any atom is 0.260 e. The molecule has 158 valence electrons. The SMILES string of the molecule is C=C/C(=C\C(CC)CC)N1Cc2nc(-c3cnc(OC)c(OC)c3)cc(C)c2C1=O. The zero-order chi connectivity index (χ0) is 21.8. The number of hydrogen-bond acceptors (Lipinski definition) is 5. The first-order valence-electron chi connectivity index (χ1n) is 10.2. The van der Waals surface area contributed by atoms with Gasteiger partial charge in [0, 0.05) is 17.5 Å². The molecule has 0 saturated carbocycles. The first-order chi connectivity index (χ1) is 14.5. The molecule has 0 N–H and O–H groups in total. The molecule has 0 unspecified atom stereocenters. The van der Waals surface area contributed by atoms with E-state index in [0.717, 1.165) is 41.1 Å². The summed E-state index contributed by atoms with van der Waals surface area (Å²) in [6, 6.07) is 3.76. The Morgan fingerprint density at radius 3 is 2.60 bits per heavy atom. The van der Waals surface area contributed by atoms with E-state index < -0.39 is 0 Å². The molecule has 1 amide bonds. The van der Waals surface area contributed by atoms with E-state index in [1.54, 1.807) is 31.4 Å². The number of hydrogen-bond donors (Lipinski definition) is 0. The van der Waals surface area contributed by atoms with Crippen molar-refractivity contribution in [3.05, 3.63) is 59.6 Å². The first-order valence-corrected chi connectivity index (χ1v) is 10.2. The normalized spacial score (nSPS) is 13.6. The van der Waals surface area contributed by atoms with Crippen LogP contribution in [0.5, 0.6) is 11.6 Å². The number of amides is 1. The van der Waals surface area contributed by atoms with Crippen molar-refractivity contribution in [2.75, 3.05) is 14.2 Å². The van der Waals surface area contributed by atoms with Crippen LogP contribution < -0.4 is 9.47 Å². The van der Waals surface area contributed by atoms with E-state index in [2.05, 4.69) is 31.5 Å². The fourth-order valence-electron chi connectivity index (χ4n) is 3.76. The van der Waals surface area contributed by atoms with Crippen molar-refractivity contribution in [2.24, 2.45) is 5.92 Å². The molecule has 0 saturated heterocycles. The minimum Gasteiger partial charge on any atom is -0.491 e. The third kappa shape index (κ3) is 3.95. The van der Waals surface area contributed by atoms with Crippen LogP contribution in [0.3, 0.4) is 0 Å². The van der Waals surface area contributed by atoms with Crippen molar-refractivity contribution in [2.45, 2.75) is 40.2 Å². The molecule has 0 spiro atoms. The summed E-state index contributed by atoms with van der Waals surface area (Å²) in [5, 5.41) is 0. The fourth-order valence-corrected chi connectivity index (χ4v) is 3.76. The molecular formula is C24H29N3O3. The van der Waals surface area contributed by atoms with Gasteiger partial charge >= 0.3 is 0 Å². The Morgan fingerprint density at radius 1 is 1.27 bits per heavy atom. The molecule has 0 aliphatic carbocycles. The van der Waals surface area contributed by atoms with Crippen LogP contribution in [0.15, 0.2) is 42.8 Å². The first kappa shape index (κ1) is 21.6. The molecule has 2 aromatic rings. The van der Waals surface area contributed by atoms with Crippen LogP contribution in [0.4, 0.5) is 0 Å². The Balaban J connectivity index is 2.00. The van der Waals surface area contributed by atoms with Gasteiger partial charge in [0.2, 0.25) is 0 Å². The van der Waals surface area contributed by atoms with Gasteiger partial charge in [-0.3, -0.25) is 9.78 Å². The lowest BCUT2D eigenvalue weighted by Crippen LogP contribution is -2.23. The highest BCUT2D eigenvalue weighted by Gasteiger charge is 2.32. The molecule has 3 rings (SSSR count). The number of aryl methyl sites for hydroxylation is 1. The molecule has 1 aliphatic rings. The largest absolute Gasteiger partial charge is 0.491 e. The number of pyridine rings is 2. The third-order valence-electron chi connectivity index (χ3n) is 5.56. The van der Waals surface area contributed by atoms with Gasteiger partial charge in [0.05, 0.1) is 37.7 Å². The van der Waals surface area contributed by atoms with E-state index in [4.69, 9.17) is 14.5 Å². The maximum absolute atomic E-state index is 13.2. The predicted molar refractivity (Wildman–Crippen MR) is 118 cm³/mol. The molecule has 0 atom stereocenters. The standard InChI is InChI=1S/C24H29N3O3/c1-7-16(8-2)11-18(9-3)27-14-20-22(24(27)28)15(4)10-19(26-20)17-12-21(29-5)23(30-6)25-13-17/h9-13,16H,3,7-8,14H2,1-2,4-6H3/b18-11+. The molecule has 1 aliphatic heterocycles. The van der Waals surface area contributed by atoms with Crippen LogP contribution in [0.2, 0.25) is 0 Å². The lowest BCUT2D eigenvalue weighted by Gasteiger charge is -2.19. The molecule has 2 aromatic heterocycles. The Kier molecular flexibility index (Phi) is 6.55. The summed E-state index contributed by atoms with van der Waals surface area (Å²) in [6.07, 6.45) is 7.65. The number of nitrogens with zero attached hydrogens (tertiary/aromatic N) is 3. The number of rotatable bonds is 8. The van der Waals surface area contributed by atoms with E-state index in [1.165, 1.54) is 0 Å². The molecule has 0 fully saturated rings. The highest BCUT2D eigenvalue weighted by Crippen LogP contribution is 2.34. The summed E-state index contributed by atoms with van der Waals surface area (Å²) in [6.45, 7) is 10.6. The smallest absolute Gasteiger partial charge is 0.260 e. The number of aromatic nitrogens is 2. The van der Waals surface area contributed by atoms with Gasteiger partial charge in [0.15, 0.2) is 5.75 Å². The lowest BCUT2D eigenvalue weighted by molar-refractivity contribution is 0.0829. The average molecular weight is 408 g/mol. The number of ether oxygens (including phenoxy) is 2. The molecule has 0 aromatic carbocycles. The lowest BCUT2D eigenvalue weighted by atomic mass is 10.0. The Hall–Kier alpha value is -3.15. The van der Waals surface area contributed by atoms with Crippen LogP contribution in [0.25, 0.3) is 11.3 Å². The van der Waals surface area contributed by atoms with Gasteiger partial charge in [-0.05, 0) is 49.5 Å². The molecule has 30 heavy (non-hydrogen) atoms. The average Bonchev–Trinajstić information content (AvgIpc) is 3.10. The topological polar surface area (TPSA) is 64.6 Å². The molecule has 6 nitrogen and oxygen atoms in total. The quantitative estimate of drug-likeness (QED) is 0.581. The number of allylic oxidation sites excluding steroid dienone is 2. The molecule has 0 radical (unpaired) electrons. The minimum atomic E-state index is -0.0240. The van der Waals surface area contributed by atoms with Gasteiger partial charge in [0.25, 0.3) is 11.8 Å². The summed E-state index contributed by atoms with van der Waals surface area (Å²) in [7, 11) is 3.12.